The van der Waals surface area contributed by atoms with E-state index in [4.69, 9.17) is 14.9 Å². The third-order valence-corrected chi connectivity index (χ3v) is 6.52. The van der Waals surface area contributed by atoms with E-state index < -0.39 is 24.7 Å². The Bertz CT molecular complexity index is 263. The molecule has 0 unspecified atom stereocenters. The minimum absolute atomic E-state index is 0. The van der Waals surface area contributed by atoms with Gasteiger partial charge in [-0.15, -0.1) is 19.6 Å². The monoisotopic (exact) mass is 462 g/mol. The fourth-order valence-corrected chi connectivity index (χ4v) is 4.23. The first kappa shape index (κ1) is 35.3. The third-order valence-electron chi connectivity index (χ3n) is 3.01. The summed E-state index contributed by atoms with van der Waals surface area (Å²) in [4.78, 5) is 17.1. The maximum atomic E-state index is 4.86. The van der Waals surface area contributed by atoms with Crippen LogP contribution in [0.5, 0.6) is 0 Å². The Morgan fingerprint density at radius 2 is 0.760 bits per heavy atom. The molecule has 10 heteroatoms. The van der Waals surface area contributed by atoms with E-state index in [9.17, 15) is 0 Å². The molecule has 0 aliphatic carbocycles. The van der Waals surface area contributed by atoms with E-state index in [-0.39, 0.29) is 78.6 Å². The van der Waals surface area contributed by atoms with Gasteiger partial charge in [-0.25, -0.2) is 0 Å². The van der Waals surface area contributed by atoms with Crippen molar-refractivity contribution in [3.8, 4) is 0 Å². The smallest absolute Gasteiger partial charge is 2.00 e. The fourth-order valence-electron chi connectivity index (χ4n) is 1.92. The van der Waals surface area contributed by atoms with Gasteiger partial charge in [-0.1, -0.05) is 83.6 Å². The van der Waals surface area contributed by atoms with Crippen LogP contribution in [0.25, 0.3) is 14.9 Å². The summed E-state index contributed by atoms with van der Waals surface area (Å²) in [6, 6.07) is 0. The first-order chi connectivity index (χ1) is 9.79. The summed E-state index contributed by atoms with van der Waals surface area (Å²) in [6.07, 6.45) is 0. The Kier molecular flexibility index (Phi) is 23.4. The van der Waals surface area contributed by atoms with Crippen LogP contribution in [0, 0.1) is 0 Å². The molecule has 142 valence electrons. The summed E-state index contributed by atoms with van der Waals surface area (Å²) >= 11 is 0. The van der Waals surface area contributed by atoms with Crippen LogP contribution >= 0.6 is 0 Å². The van der Waals surface area contributed by atoms with E-state index in [2.05, 4.69) is 63.8 Å². The van der Waals surface area contributed by atoms with Crippen molar-refractivity contribution in [1.29, 1.82) is 0 Å². The van der Waals surface area contributed by atoms with Gasteiger partial charge in [0.1, 0.15) is 0 Å². The molecule has 0 N–H and O–H groups in total. The van der Waals surface area contributed by atoms with E-state index in [0.29, 0.717) is 0 Å². The largest absolute Gasteiger partial charge is 4.00 e. The van der Waals surface area contributed by atoms with Crippen LogP contribution in [0.1, 0.15) is 0 Å². The molecule has 0 saturated carbocycles. The second-order valence-electron chi connectivity index (χ2n) is 9.00. The molecular weight excluding hydrogens is 423 g/mol. The van der Waals surface area contributed by atoms with Crippen LogP contribution in [0.4, 0.5) is 0 Å². The minimum Gasteiger partial charge on any atom is -2.00 e. The third kappa shape index (κ3) is 29.1. The summed E-state index contributed by atoms with van der Waals surface area (Å²) in [5.74, 6) is 0. The van der Waals surface area contributed by atoms with Crippen molar-refractivity contribution < 1.29 is 78.6 Å². The van der Waals surface area contributed by atoms with Crippen molar-refractivity contribution in [2.24, 2.45) is 0 Å². The Hall–Kier alpha value is 2.80. The minimum atomic E-state index is -1.28. The van der Waals surface area contributed by atoms with Gasteiger partial charge in [-0.05, 0) is 19.6 Å². The molecule has 0 spiro atoms. The van der Waals surface area contributed by atoms with Crippen LogP contribution in [0.15, 0.2) is 0 Å². The molecule has 0 aromatic heterocycles. The number of hydrogen-bond donors (Lipinski definition) is 0. The number of nitrogens with zero attached hydrogens (tertiary/aromatic N) is 4. The summed E-state index contributed by atoms with van der Waals surface area (Å²) < 4.78 is 0. The van der Waals surface area contributed by atoms with Gasteiger partial charge in [-0.2, -0.15) is 0 Å². The molecular formula is C15H39KN4OSi3Ti. The first-order valence-electron chi connectivity index (χ1n) is 8.57. The van der Waals surface area contributed by atoms with Gasteiger partial charge in [0.2, 0.25) is 0 Å². The van der Waals surface area contributed by atoms with E-state index in [1.807, 2.05) is 0 Å². The predicted molar refractivity (Wildman–Crippen MR) is 112 cm³/mol. The average molecular weight is 463 g/mol. The Morgan fingerprint density at radius 3 is 0.920 bits per heavy atom. The van der Waals surface area contributed by atoms with E-state index in [1.165, 1.54) is 0 Å². The molecule has 0 radical (unpaired) electrons. The Balaban J connectivity index is -0.000000735. The van der Waals surface area contributed by atoms with Gasteiger partial charge < -0.3 is 25.3 Å². The molecule has 0 aromatic carbocycles. The van der Waals surface area contributed by atoms with Crippen molar-refractivity contribution in [3.63, 3.8) is 0 Å². The second kappa shape index (κ2) is 16.6. The van der Waals surface area contributed by atoms with Crippen LogP contribution in [0.2, 0.25) is 58.9 Å². The Labute approximate surface area is 218 Å². The van der Waals surface area contributed by atoms with Crippen molar-refractivity contribution in [1.82, 2.24) is 4.90 Å². The normalized spacial score (nSPS) is 12.2. The predicted octanol–water partition coefficient (Wildman–Crippen LogP) is 1.80. The summed E-state index contributed by atoms with van der Waals surface area (Å²) in [5, 5.41) is 0. The van der Waals surface area contributed by atoms with Crippen molar-refractivity contribution in [3.05, 3.63) is 14.9 Å². The number of rotatable bonds is 12. The van der Waals surface area contributed by atoms with Crippen LogP contribution in [-0.4, -0.2) is 68.9 Å². The van der Waals surface area contributed by atoms with Gasteiger partial charge in [-0.3, -0.25) is 0 Å². The van der Waals surface area contributed by atoms with Crippen molar-refractivity contribution in [2.75, 3.05) is 39.3 Å². The molecule has 0 aliphatic heterocycles. The summed E-state index contributed by atoms with van der Waals surface area (Å²) in [5.41, 5.74) is 0. The molecule has 0 atom stereocenters. The van der Waals surface area contributed by atoms with Crippen molar-refractivity contribution >= 4 is 24.7 Å². The van der Waals surface area contributed by atoms with Crippen LogP contribution < -0.4 is 51.4 Å². The molecule has 0 amide bonds. The average Bonchev–Trinajstić information content (AvgIpc) is 2.23. The maximum absolute atomic E-state index is 4.86. The molecule has 0 aliphatic rings. The molecule has 0 fully saturated rings. The Morgan fingerprint density at radius 1 is 0.560 bits per heavy atom. The van der Waals surface area contributed by atoms with Gasteiger partial charge in [0, 0.05) is 0 Å². The molecule has 0 aromatic rings. The molecule has 25 heavy (non-hydrogen) atoms. The maximum Gasteiger partial charge on any atom is 4.00 e. The van der Waals surface area contributed by atoms with Crippen molar-refractivity contribution in [2.45, 2.75) is 58.9 Å². The molecule has 0 heterocycles. The standard InChI is InChI=1S/C15H39N4Si3.K.O.Ti/c1-20(2,3)16-10-13-19(14-11-17-21(4,5)6)15-12-18-22(7,8)9;;;/h10-15H2,1-9H3;;;/q-3;+1;-2;+4. The summed E-state index contributed by atoms with van der Waals surface area (Å²) in [6.45, 7) is 26.8. The van der Waals surface area contributed by atoms with Gasteiger partial charge >= 0.3 is 73.1 Å². The molecule has 0 bridgehead atoms. The zero-order valence-electron chi connectivity index (χ0n) is 18.4. The molecule has 0 saturated heterocycles. The van der Waals surface area contributed by atoms with Gasteiger partial charge in [0.25, 0.3) is 0 Å². The number of hydrogen-bond acceptors (Lipinski definition) is 1. The van der Waals surface area contributed by atoms with Crippen LogP contribution in [0.3, 0.4) is 0 Å². The van der Waals surface area contributed by atoms with E-state index >= 15 is 0 Å². The zero-order valence-corrected chi connectivity index (χ0v) is 26.1. The van der Waals surface area contributed by atoms with E-state index in [1.54, 1.807) is 0 Å². The van der Waals surface area contributed by atoms with Gasteiger partial charge in [0.15, 0.2) is 0 Å². The summed E-state index contributed by atoms with van der Waals surface area (Å²) in [7, 11) is -3.84. The van der Waals surface area contributed by atoms with E-state index in [0.717, 1.165) is 39.3 Å². The molecule has 0 rings (SSSR count). The van der Waals surface area contributed by atoms with Gasteiger partial charge in [0.05, 0.1) is 0 Å². The fraction of sp³-hybridized carbons (Fsp3) is 1.00. The second-order valence-corrected chi connectivity index (χ2v) is 23.0. The molecule has 5 nitrogen and oxygen atoms in total. The first-order valence-corrected chi connectivity index (χ1v) is 18.9. The zero-order chi connectivity index (χ0) is 17.4. The SMILES string of the molecule is C[Si](C)(C)[N-]CCN(CC[N-][Si](C)(C)C)CC[N-][Si](C)(C)C.[K+].[O-2].[Ti+4]. The topological polar surface area (TPSA) is 74.0 Å². The quantitative estimate of drug-likeness (QED) is 0.408. The van der Waals surface area contributed by atoms with Crippen LogP contribution in [-0.2, 0) is 27.2 Å².